The molecule has 2 N–H and O–H groups in total. The van der Waals surface area contributed by atoms with Gasteiger partial charge >= 0.3 is 0 Å². The number of ether oxygens (including phenoxy) is 2. The second-order valence-corrected chi connectivity index (χ2v) is 5.62. The summed E-state index contributed by atoms with van der Waals surface area (Å²) in [6, 6.07) is 5.33. The molecule has 5 heteroatoms. The summed E-state index contributed by atoms with van der Waals surface area (Å²) in [4.78, 5) is 11.9. The molecule has 1 aromatic carbocycles. The van der Waals surface area contributed by atoms with Crippen molar-refractivity contribution < 1.29 is 14.3 Å². The topological polar surface area (TPSA) is 61.5 Å². The van der Waals surface area contributed by atoms with Gasteiger partial charge in [0.05, 0.1) is 19.2 Å². The molecule has 4 nitrogen and oxygen atoms in total. The molecule has 0 amide bonds. The van der Waals surface area contributed by atoms with E-state index in [1.165, 1.54) is 0 Å². The maximum Gasteiger partial charge on any atom is 0.180 e. The van der Waals surface area contributed by atoms with Crippen LogP contribution in [0.5, 0.6) is 11.5 Å². The Morgan fingerprint density at radius 2 is 2.16 bits per heavy atom. The second kappa shape index (κ2) is 6.82. The van der Waals surface area contributed by atoms with Crippen molar-refractivity contribution >= 4 is 17.5 Å². The molecule has 104 valence electrons. The number of methoxy groups -OCH3 is 1. The van der Waals surface area contributed by atoms with E-state index in [9.17, 15) is 4.79 Å². The summed E-state index contributed by atoms with van der Waals surface area (Å²) < 4.78 is 11.3. The monoisotopic (exact) mass is 281 g/mol. The van der Waals surface area contributed by atoms with E-state index in [1.54, 1.807) is 25.3 Å². The van der Waals surface area contributed by atoms with Crippen LogP contribution in [0.25, 0.3) is 0 Å². The quantitative estimate of drug-likeness (QED) is 0.838. The first-order valence-electron chi connectivity index (χ1n) is 6.41. The average molecular weight is 281 g/mol. The van der Waals surface area contributed by atoms with E-state index in [1.807, 2.05) is 11.8 Å². The number of carbonyl (C=O) groups excluding carboxylic acids is 1. The van der Waals surface area contributed by atoms with Crippen molar-refractivity contribution in [2.75, 3.05) is 25.2 Å². The van der Waals surface area contributed by atoms with Gasteiger partial charge in [0.1, 0.15) is 6.10 Å². The van der Waals surface area contributed by atoms with Crippen LogP contribution in [-0.2, 0) is 0 Å². The lowest BCUT2D eigenvalue weighted by molar-refractivity contribution is 0.0991. The Kier molecular flexibility index (Phi) is 5.10. The number of benzene rings is 1. The van der Waals surface area contributed by atoms with E-state index in [2.05, 4.69) is 0 Å². The van der Waals surface area contributed by atoms with E-state index in [0.29, 0.717) is 17.1 Å². The highest BCUT2D eigenvalue weighted by Gasteiger charge is 2.21. The van der Waals surface area contributed by atoms with Gasteiger partial charge in [-0.15, -0.1) is 0 Å². The molecule has 0 bridgehead atoms. The number of ketones is 1. The zero-order chi connectivity index (χ0) is 13.7. The van der Waals surface area contributed by atoms with Crippen molar-refractivity contribution in [3.63, 3.8) is 0 Å². The lowest BCUT2D eigenvalue weighted by Gasteiger charge is -2.25. The van der Waals surface area contributed by atoms with Gasteiger partial charge in [0.15, 0.2) is 17.3 Å². The van der Waals surface area contributed by atoms with Gasteiger partial charge < -0.3 is 15.2 Å². The van der Waals surface area contributed by atoms with Gasteiger partial charge in [0, 0.05) is 0 Å². The van der Waals surface area contributed by atoms with E-state index in [4.69, 9.17) is 15.2 Å². The first-order valence-corrected chi connectivity index (χ1v) is 7.56. The van der Waals surface area contributed by atoms with Crippen LogP contribution in [0.1, 0.15) is 23.2 Å². The van der Waals surface area contributed by atoms with Crippen LogP contribution in [0.2, 0.25) is 0 Å². The summed E-state index contributed by atoms with van der Waals surface area (Å²) in [7, 11) is 1.58. The molecule has 1 aliphatic heterocycles. The van der Waals surface area contributed by atoms with Crippen LogP contribution in [0.15, 0.2) is 18.2 Å². The fraction of sp³-hybridized carbons (Fsp3) is 0.500. The van der Waals surface area contributed by atoms with E-state index >= 15 is 0 Å². The molecule has 1 aliphatic rings. The highest BCUT2D eigenvalue weighted by atomic mass is 32.2. The summed E-state index contributed by atoms with van der Waals surface area (Å²) in [6.45, 7) is -0.0238. The highest BCUT2D eigenvalue weighted by molar-refractivity contribution is 7.99. The number of carbonyl (C=O) groups is 1. The van der Waals surface area contributed by atoms with Gasteiger partial charge in [0.2, 0.25) is 0 Å². The van der Waals surface area contributed by atoms with Crippen LogP contribution < -0.4 is 15.2 Å². The Morgan fingerprint density at radius 1 is 1.42 bits per heavy atom. The summed E-state index contributed by atoms with van der Waals surface area (Å²) in [5.74, 6) is 3.20. The van der Waals surface area contributed by atoms with Gasteiger partial charge in [-0.2, -0.15) is 11.8 Å². The minimum absolute atomic E-state index is 0.0238. The standard InChI is InChI=1S/C14H19NO3S/c1-17-13-4-2-3-11(12(16)9-15)14(13)18-10-5-7-19-8-6-10/h2-4,10H,5-9,15H2,1H3. The molecule has 19 heavy (non-hydrogen) atoms. The number of nitrogens with two attached hydrogens (primary N) is 1. The summed E-state index contributed by atoms with van der Waals surface area (Å²) >= 11 is 1.94. The van der Waals surface area contributed by atoms with Crippen molar-refractivity contribution in [1.82, 2.24) is 0 Å². The van der Waals surface area contributed by atoms with Crippen LogP contribution in [0.3, 0.4) is 0 Å². The summed E-state index contributed by atoms with van der Waals surface area (Å²) in [6.07, 6.45) is 2.15. The van der Waals surface area contributed by atoms with Crippen molar-refractivity contribution in [3.05, 3.63) is 23.8 Å². The second-order valence-electron chi connectivity index (χ2n) is 4.39. The predicted molar refractivity (Wildman–Crippen MR) is 77.4 cm³/mol. The van der Waals surface area contributed by atoms with Gasteiger partial charge in [0.25, 0.3) is 0 Å². The van der Waals surface area contributed by atoms with Crippen molar-refractivity contribution in [2.45, 2.75) is 18.9 Å². The summed E-state index contributed by atoms with van der Waals surface area (Å²) in [5.41, 5.74) is 5.96. The Hall–Kier alpha value is -1.20. The Labute approximate surface area is 117 Å². The third-order valence-electron chi connectivity index (χ3n) is 3.14. The summed E-state index contributed by atoms with van der Waals surface area (Å²) in [5, 5.41) is 0. The van der Waals surface area contributed by atoms with Crippen LogP contribution in [0.4, 0.5) is 0 Å². The normalized spacial score (nSPS) is 16.1. The number of hydrogen-bond donors (Lipinski definition) is 1. The predicted octanol–water partition coefficient (Wildman–Crippen LogP) is 2.11. The molecule has 0 saturated carbocycles. The van der Waals surface area contributed by atoms with Crippen molar-refractivity contribution in [1.29, 1.82) is 0 Å². The molecule has 0 unspecified atom stereocenters. The molecular formula is C14H19NO3S. The number of Topliss-reactive ketones (excluding diaryl/α,β-unsaturated/α-hetero) is 1. The molecule has 0 aromatic heterocycles. The van der Waals surface area contributed by atoms with Gasteiger partial charge in [-0.25, -0.2) is 0 Å². The maximum absolute atomic E-state index is 11.9. The molecule has 1 saturated heterocycles. The van der Waals surface area contributed by atoms with Crippen LogP contribution in [-0.4, -0.2) is 37.0 Å². The first kappa shape index (κ1) is 14.2. The molecule has 1 heterocycles. The van der Waals surface area contributed by atoms with Crippen molar-refractivity contribution in [3.8, 4) is 11.5 Å². The number of para-hydroxylation sites is 1. The van der Waals surface area contributed by atoms with E-state index in [-0.39, 0.29) is 18.4 Å². The fourth-order valence-corrected chi connectivity index (χ4v) is 3.15. The molecule has 0 radical (unpaired) electrons. The maximum atomic E-state index is 11.9. The minimum atomic E-state index is -0.126. The molecule has 0 aliphatic carbocycles. The van der Waals surface area contributed by atoms with Crippen LogP contribution >= 0.6 is 11.8 Å². The smallest absolute Gasteiger partial charge is 0.180 e. The van der Waals surface area contributed by atoms with E-state index < -0.39 is 0 Å². The number of hydrogen-bond acceptors (Lipinski definition) is 5. The Balaban J connectivity index is 2.26. The molecular weight excluding hydrogens is 262 g/mol. The number of thioether (sulfide) groups is 1. The van der Waals surface area contributed by atoms with E-state index in [0.717, 1.165) is 24.3 Å². The van der Waals surface area contributed by atoms with Gasteiger partial charge in [-0.3, -0.25) is 4.79 Å². The minimum Gasteiger partial charge on any atom is -0.493 e. The molecule has 0 atom stereocenters. The molecule has 1 aromatic rings. The van der Waals surface area contributed by atoms with Gasteiger partial charge in [-0.1, -0.05) is 6.07 Å². The largest absolute Gasteiger partial charge is 0.493 e. The molecule has 1 fully saturated rings. The highest BCUT2D eigenvalue weighted by Crippen LogP contribution is 2.34. The van der Waals surface area contributed by atoms with Gasteiger partial charge in [-0.05, 0) is 36.5 Å². The number of rotatable bonds is 5. The molecule has 2 rings (SSSR count). The first-order chi connectivity index (χ1) is 9.26. The zero-order valence-electron chi connectivity index (χ0n) is 11.1. The average Bonchev–Trinajstić information content (AvgIpc) is 2.47. The fourth-order valence-electron chi connectivity index (χ4n) is 2.09. The third kappa shape index (κ3) is 3.42. The SMILES string of the molecule is COc1cccc(C(=O)CN)c1OC1CCSCC1. The van der Waals surface area contributed by atoms with Crippen LogP contribution in [0, 0.1) is 0 Å². The molecule has 0 spiro atoms. The lowest BCUT2D eigenvalue weighted by atomic mass is 10.1. The Morgan fingerprint density at radius 3 is 2.79 bits per heavy atom. The zero-order valence-corrected chi connectivity index (χ0v) is 11.9. The lowest BCUT2D eigenvalue weighted by Crippen LogP contribution is -2.24. The third-order valence-corrected chi connectivity index (χ3v) is 4.19. The van der Waals surface area contributed by atoms with Crippen molar-refractivity contribution in [2.24, 2.45) is 5.73 Å². The Bertz CT molecular complexity index is 444.